The van der Waals surface area contributed by atoms with Crippen LogP contribution in [0.1, 0.15) is 5.69 Å². The Morgan fingerprint density at radius 1 is 0.714 bits per heavy atom. The zero-order chi connectivity index (χ0) is 20.4. The first-order chi connectivity index (χ1) is 13.4. The summed E-state index contributed by atoms with van der Waals surface area (Å²) in [7, 11) is 5.87. The Bertz CT molecular complexity index is 962. The number of nitrogens with zero attached hydrogens (tertiary/aromatic N) is 1. The number of benzene rings is 2. The molecule has 3 aromatic rings. The third-order valence-electron chi connectivity index (χ3n) is 4.39. The fourth-order valence-electron chi connectivity index (χ4n) is 2.94. The highest BCUT2D eigenvalue weighted by molar-refractivity contribution is 5.74. The van der Waals surface area contributed by atoms with Gasteiger partial charge >= 0.3 is 0 Å². The summed E-state index contributed by atoms with van der Waals surface area (Å²) < 4.78 is 20.9. The molecule has 0 amide bonds. The van der Waals surface area contributed by atoms with Gasteiger partial charge in [-0.1, -0.05) is 0 Å². The molecule has 1 aromatic heterocycles. The van der Waals surface area contributed by atoms with Crippen LogP contribution in [0.5, 0.6) is 34.5 Å². The number of aryl methyl sites for hydroxylation is 1. The molecule has 1 heterocycles. The fraction of sp³-hybridized carbons (Fsp3) is 0.250. The predicted molar refractivity (Wildman–Crippen MR) is 104 cm³/mol. The zero-order valence-corrected chi connectivity index (χ0v) is 16.3. The Kier molecular flexibility index (Phi) is 5.21. The number of imidazole rings is 1. The molecule has 3 N–H and O–H groups in total. The average Bonchev–Trinajstić information content (AvgIpc) is 3.10. The third kappa shape index (κ3) is 3.24. The molecular formula is C20H22N2O6. The summed E-state index contributed by atoms with van der Waals surface area (Å²) in [5.74, 6) is 1.53. The summed E-state index contributed by atoms with van der Waals surface area (Å²) in [5, 5.41) is 20.2. The van der Waals surface area contributed by atoms with E-state index in [1.807, 2.05) is 6.92 Å². The van der Waals surface area contributed by atoms with E-state index in [-0.39, 0.29) is 34.5 Å². The van der Waals surface area contributed by atoms with Crippen LogP contribution >= 0.6 is 0 Å². The lowest BCUT2D eigenvalue weighted by Gasteiger charge is -2.10. The highest BCUT2D eigenvalue weighted by Gasteiger charge is 2.19. The normalized spacial score (nSPS) is 10.6. The van der Waals surface area contributed by atoms with Crippen molar-refractivity contribution in [3.8, 4) is 57.1 Å². The summed E-state index contributed by atoms with van der Waals surface area (Å²) in [5.41, 5.74) is 2.86. The van der Waals surface area contributed by atoms with Crippen LogP contribution in [-0.2, 0) is 0 Å². The molecule has 0 aliphatic carbocycles. The number of nitrogens with one attached hydrogen (secondary N) is 1. The Morgan fingerprint density at radius 3 is 1.50 bits per heavy atom. The molecule has 0 saturated heterocycles. The number of phenolic OH excluding ortho intramolecular Hbond substituents is 2. The lowest BCUT2D eigenvalue weighted by atomic mass is 10.1. The number of methoxy groups -OCH3 is 4. The highest BCUT2D eigenvalue weighted by Crippen LogP contribution is 2.42. The Balaban J connectivity index is 2.13. The van der Waals surface area contributed by atoms with Crippen LogP contribution in [0.2, 0.25) is 0 Å². The molecule has 0 bridgehead atoms. The summed E-state index contributed by atoms with van der Waals surface area (Å²) in [6.07, 6.45) is 0. The van der Waals surface area contributed by atoms with Gasteiger partial charge in [0.1, 0.15) is 5.82 Å². The van der Waals surface area contributed by atoms with Crippen molar-refractivity contribution in [1.29, 1.82) is 0 Å². The Hall–Kier alpha value is -3.55. The van der Waals surface area contributed by atoms with Crippen molar-refractivity contribution < 1.29 is 29.2 Å². The van der Waals surface area contributed by atoms with E-state index >= 15 is 0 Å². The van der Waals surface area contributed by atoms with Crippen molar-refractivity contribution in [1.82, 2.24) is 9.97 Å². The van der Waals surface area contributed by atoms with Gasteiger partial charge in [-0.3, -0.25) is 0 Å². The van der Waals surface area contributed by atoms with E-state index in [2.05, 4.69) is 9.97 Å². The predicted octanol–water partition coefficient (Wildman–Crippen LogP) is 3.50. The SMILES string of the molecule is COc1cc(-c2nc(-c3cc(OC)c(O)c(OC)c3)c(C)[nH]2)cc(OC)c1O. The van der Waals surface area contributed by atoms with E-state index in [0.29, 0.717) is 22.6 Å². The van der Waals surface area contributed by atoms with Gasteiger partial charge in [0, 0.05) is 16.8 Å². The van der Waals surface area contributed by atoms with Crippen LogP contribution in [0, 0.1) is 6.92 Å². The Morgan fingerprint density at radius 2 is 1.11 bits per heavy atom. The first kappa shape index (κ1) is 19.2. The van der Waals surface area contributed by atoms with Gasteiger partial charge in [-0.15, -0.1) is 0 Å². The third-order valence-corrected chi connectivity index (χ3v) is 4.39. The van der Waals surface area contributed by atoms with Gasteiger partial charge in [-0.05, 0) is 31.2 Å². The van der Waals surface area contributed by atoms with Gasteiger partial charge < -0.3 is 34.1 Å². The molecule has 0 radical (unpaired) electrons. The number of aromatic nitrogens is 2. The lowest BCUT2D eigenvalue weighted by Crippen LogP contribution is -1.92. The molecule has 0 unspecified atom stereocenters. The average molecular weight is 386 g/mol. The zero-order valence-electron chi connectivity index (χ0n) is 16.3. The Labute approximate surface area is 162 Å². The minimum absolute atomic E-state index is 0.0739. The van der Waals surface area contributed by atoms with Crippen LogP contribution in [0.25, 0.3) is 22.6 Å². The second-order valence-electron chi connectivity index (χ2n) is 6.02. The van der Waals surface area contributed by atoms with Crippen LogP contribution in [0.15, 0.2) is 24.3 Å². The maximum atomic E-state index is 10.1. The van der Waals surface area contributed by atoms with Gasteiger partial charge in [0.05, 0.1) is 34.1 Å². The maximum absolute atomic E-state index is 10.1. The second-order valence-corrected chi connectivity index (χ2v) is 6.02. The van der Waals surface area contributed by atoms with Crippen molar-refractivity contribution in [2.45, 2.75) is 6.92 Å². The highest BCUT2D eigenvalue weighted by atomic mass is 16.5. The molecule has 0 spiro atoms. The molecule has 0 aliphatic heterocycles. The van der Waals surface area contributed by atoms with Gasteiger partial charge in [0.2, 0.25) is 11.5 Å². The summed E-state index contributed by atoms with van der Waals surface area (Å²) >= 11 is 0. The van der Waals surface area contributed by atoms with E-state index in [1.54, 1.807) is 24.3 Å². The molecular weight excluding hydrogens is 364 g/mol. The smallest absolute Gasteiger partial charge is 0.200 e. The maximum Gasteiger partial charge on any atom is 0.200 e. The van der Waals surface area contributed by atoms with E-state index < -0.39 is 0 Å². The van der Waals surface area contributed by atoms with E-state index in [1.165, 1.54) is 28.4 Å². The van der Waals surface area contributed by atoms with Gasteiger partial charge in [0.25, 0.3) is 0 Å². The van der Waals surface area contributed by atoms with Gasteiger partial charge in [-0.25, -0.2) is 4.98 Å². The number of aromatic amines is 1. The van der Waals surface area contributed by atoms with E-state index in [0.717, 1.165) is 5.69 Å². The van der Waals surface area contributed by atoms with E-state index in [9.17, 15) is 10.2 Å². The molecule has 148 valence electrons. The quantitative estimate of drug-likeness (QED) is 0.595. The first-order valence-electron chi connectivity index (χ1n) is 8.40. The van der Waals surface area contributed by atoms with Crippen molar-refractivity contribution in [3.63, 3.8) is 0 Å². The summed E-state index contributed by atoms with van der Waals surface area (Å²) in [6, 6.07) is 6.70. The molecule has 28 heavy (non-hydrogen) atoms. The number of hydrogen-bond acceptors (Lipinski definition) is 7. The van der Waals surface area contributed by atoms with Crippen LogP contribution in [0.4, 0.5) is 0 Å². The molecule has 2 aromatic carbocycles. The van der Waals surface area contributed by atoms with Crippen LogP contribution < -0.4 is 18.9 Å². The first-order valence-corrected chi connectivity index (χ1v) is 8.40. The van der Waals surface area contributed by atoms with Crippen molar-refractivity contribution in [2.24, 2.45) is 0 Å². The molecule has 0 atom stereocenters. The minimum Gasteiger partial charge on any atom is -0.502 e. The van der Waals surface area contributed by atoms with Gasteiger partial charge in [0.15, 0.2) is 23.0 Å². The molecule has 3 rings (SSSR count). The molecule has 0 fully saturated rings. The van der Waals surface area contributed by atoms with E-state index in [4.69, 9.17) is 18.9 Å². The second kappa shape index (κ2) is 7.59. The number of H-pyrrole nitrogens is 1. The lowest BCUT2D eigenvalue weighted by molar-refractivity contribution is 0.340. The monoisotopic (exact) mass is 386 g/mol. The molecule has 8 heteroatoms. The van der Waals surface area contributed by atoms with Crippen LogP contribution in [-0.4, -0.2) is 48.6 Å². The minimum atomic E-state index is -0.0785. The van der Waals surface area contributed by atoms with Crippen molar-refractivity contribution in [2.75, 3.05) is 28.4 Å². The van der Waals surface area contributed by atoms with Crippen molar-refractivity contribution in [3.05, 3.63) is 30.0 Å². The summed E-state index contributed by atoms with van der Waals surface area (Å²) in [6.45, 7) is 1.88. The molecule has 8 nitrogen and oxygen atoms in total. The molecule has 0 aliphatic rings. The van der Waals surface area contributed by atoms with Crippen LogP contribution in [0.3, 0.4) is 0 Å². The summed E-state index contributed by atoms with van der Waals surface area (Å²) in [4.78, 5) is 7.89. The fourth-order valence-corrected chi connectivity index (χ4v) is 2.94. The number of rotatable bonds is 6. The number of phenols is 2. The van der Waals surface area contributed by atoms with Crippen molar-refractivity contribution >= 4 is 0 Å². The number of aromatic hydroxyl groups is 2. The van der Waals surface area contributed by atoms with Gasteiger partial charge in [-0.2, -0.15) is 0 Å². The molecule has 0 saturated carbocycles. The number of hydrogen-bond donors (Lipinski definition) is 3. The standard InChI is InChI=1S/C20H22N2O6/c1-10-17(11-6-13(25-2)18(23)14(7-11)26-3)22-20(21-10)12-8-15(27-4)19(24)16(9-12)28-5/h6-9,23-24H,1-5H3,(H,21,22). The number of ether oxygens (including phenoxy) is 4. The largest absolute Gasteiger partial charge is 0.502 e. The topological polar surface area (TPSA) is 106 Å².